The van der Waals surface area contributed by atoms with Gasteiger partial charge in [0, 0.05) is 13.1 Å². The minimum absolute atomic E-state index is 0.444. The summed E-state index contributed by atoms with van der Waals surface area (Å²) in [6.07, 6.45) is 8.43. The molecular formula is C15H21NO. The maximum Gasteiger partial charge on any atom is 0.0771 e. The Bertz CT molecular complexity index is 352. The van der Waals surface area contributed by atoms with Crippen LogP contribution in [-0.4, -0.2) is 23.8 Å². The first-order chi connectivity index (χ1) is 8.29. The fourth-order valence-corrected chi connectivity index (χ4v) is 2.36. The lowest BCUT2D eigenvalue weighted by atomic mass is 10.0. The second-order valence-electron chi connectivity index (χ2n) is 4.88. The van der Waals surface area contributed by atoms with Gasteiger partial charge in [0.25, 0.3) is 0 Å². The Kier molecular flexibility index (Phi) is 4.35. The van der Waals surface area contributed by atoms with E-state index in [0.29, 0.717) is 6.54 Å². The Morgan fingerprint density at radius 3 is 2.59 bits per heavy atom. The van der Waals surface area contributed by atoms with Crippen molar-refractivity contribution in [2.75, 3.05) is 13.1 Å². The van der Waals surface area contributed by atoms with Crippen LogP contribution in [0.2, 0.25) is 0 Å². The number of benzene rings is 1. The van der Waals surface area contributed by atoms with Crippen LogP contribution in [0.5, 0.6) is 0 Å². The summed E-state index contributed by atoms with van der Waals surface area (Å²) in [5, 5.41) is 13.4. The van der Waals surface area contributed by atoms with Gasteiger partial charge in [0.05, 0.1) is 5.60 Å². The van der Waals surface area contributed by atoms with E-state index < -0.39 is 5.60 Å². The smallest absolute Gasteiger partial charge is 0.0771 e. The summed E-state index contributed by atoms with van der Waals surface area (Å²) in [4.78, 5) is 0. The average Bonchev–Trinajstić information content (AvgIpc) is 2.77. The van der Waals surface area contributed by atoms with E-state index in [4.69, 9.17) is 0 Å². The molecule has 1 aliphatic carbocycles. The largest absolute Gasteiger partial charge is 0.389 e. The molecule has 2 rings (SSSR count). The zero-order valence-corrected chi connectivity index (χ0v) is 10.2. The summed E-state index contributed by atoms with van der Waals surface area (Å²) in [6.45, 7) is 1.53. The topological polar surface area (TPSA) is 32.3 Å². The molecule has 0 heterocycles. The predicted molar refractivity (Wildman–Crippen MR) is 71.8 cm³/mol. The number of hydrogen-bond acceptors (Lipinski definition) is 2. The third kappa shape index (κ3) is 3.99. The molecule has 92 valence electrons. The fraction of sp³-hybridized carbons (Fsp3) is 0.467. The van der Waals surface area contributed by atoms with Crippen molar-refractivity contribution in [2.45, 2.75) is 31.3 Å². The molecule has 2 nitrogen and oxygen atoms in total. The lowest BCUT2D eigenvalue weighted by molar-refractivity contribution is 0.0488. The van der Waals surface area contributed by atoms with Gasteiger partial charge in [-0.3, -0.25) is 0 Å². The van der Waals surface area contributed by atoms with Crippen LogP contribution in [0.25, 0.3) is 6.08 Å². The molecule has 1 fully saturated rings. The Labute approximate surface area is 103 Å². The first-order valence-electron chi connectivity index (χ1n) is 6.43. The summed E-state index contributed by atoms with van der Waals surface area (Å²) < 4.78 is 0. The molecule has 0 bridgehead atoms. The van der Waals surface area contributed by atoms with Crippen LogP contribution < -0.4 is 5.32 Å². The van der Waals surface area contributed by atoms with Crippen molar-refractivity contribution in [3.63, 3.8) is 0 Å². The van der Waals surface area contributed by atoms with Gasteiger partial charge in [0.1, 0.15) is 0 Å². The van der Waals surface area contributed by atoms with E-state index >= 15 is 0 Å². The highest BCUT2D eigenvalue weighted by Crippen LogP contribution is 2.28. The lowest BCUT2D eigenvalue weighted by Crippen LogP contribution is -2.37. The minimum Gasteiger partial charge on any atom is -0.389 e. The highest BCUT2D eigenvalue weighted by atomic mass is 16.3. The minimum atomic E-state index is -0.444. The van der Waals surface area contributed by atoms with Gasteiger partial charge in [-0.25, -0.2) is 0 Å². The summed E-state index contributed by atoms with van der Waals surface area (Å²) in [5.41, 5.74) is 0.773. The van der Waals surface area contributed by atoms with Crippen molar-refractivity contribution in [1.29, 1.82) is 0 Å². The molecule has 0 radical (unpaired) electrons. The van der Waals surface area contributed by atoms with Gasteiger partial charge < -0.3 is 10.4 Å². The van der Waals surface area contributed by atoms with E-state index in [-0.39, 0.29) is 0 Å². The van der Waals surface area contributed by atoms with Crippen LogP contribution in [0.1, 0.15) is 31.2 Å². The molecule has 1 aliphatic rings. The summed E-state index contributed by atoms with van der Waals surface area (Å²) in [5.74, 6) is 0. The first-order valence-corrected chi connectivity index (χ1v) is 6.43. The second kappa shape index (κ2) is 5.99. The zero-order valence-electron chi connectivity index (χ0n) is 10.2. The lowest BCUT2D eigenvalue weighted by Gasteiger charge is -2.21. The molecule has 1 aromatic carbocycles. The molecular weight excluding hydrogens is 210 g/mol. The van der Waals surface area contributed by atoms with Crippen molar-refractivity contribution in [3.8, 4) is 0 Å². The van der Waals surface area contributed by atoms with Crippen LogP contribution in [0, 0.1) is 0 Å². The standard InChI is InChI=1S/C15H21NO/c17-15(10-4-5-11-15)13-16-12-6-9-14-7-2-1-3-8-14/h1-3,6-9,16-17H,4-5,10-13H2. The molecule has 0 unspecified atom stereocenters. The third-order valence-electron chi connectivity index (χ3n) is 3.36. The van der Waals surface area contributed by atoms with Crippen molar-refractivity contribution in [2.24, 2.45) is 0 Å². The maximum atomic E-state index is 10.1. The van der Waals surface area contributed by atoms with Gasteiger partial charge in [-0.1, -0.05) is 55.3 Å². The molecule has 0 amide bonds. The van der Waals surface area contributed by atoms with Gasteiger partial charge in [-0.15, -0.1) is 0 Å². The monoisotopic (exact) mass is 231 g/mol. The summed E-state index contributed by atoms with van der Waals surface area (Å²) in [7, 11) is 0. The van der Waals surface area contributed by atoms with Crippen LogP contribution in [-0.2, 0) is 0 Å². The first kappa shape index (κ1) is 12.3. The van der Waals surface area contributed by atoms with E-state index in [0.717, 1.165) is 32.2 Å². The van der Waals surface area contributed by atoms with Gasteiger partial charge in [0.2, 0.25) is 0 Å². The molecule has 1 saturated carbocycles. The van der Waals surface area contributed by atoms with Gasteiger partial charge in [0.15, 0.2) is 0 Å². The third-order valence-corrected chi connectivity index (χ3v) is 3.36. The summed E-state index contributed by atoms with van der Waals surface area (Å²) in [6, 6.07) is 10.3. The molecule has 0 saturated heterocycles. The molecule has 0 atom stereocenters. The molecule has 0 spiro atoms. The maximum absolute atomic E-state index is 10.1. The molecule has 0 aliphatic heterocycles. The fourth-order valence-electron chi connectivity index (χ4n) is 2.36. The van der Waals surface area contributed by atoms with Crippen molar-refractivity contribution in [1.82, 2.24) is 5.32 Å². The second-order valence-corrected chi connectivity index (χ2v) is 4.88. The average molecular weight is 231 g/mol. The van der Waals surface area contributed by atoms with Crippen LogP contribution in [0.15, 0.2) is 36.4 Å². The van der Waals surface area contributed by atoms with Crippen LogP contribution in [0.4, 0.5) is 0 Å². The van der Waals surface area contributed by atoms with Crippen molar-refractivity contribution < 1.29 is 5.11 Å². The van der Waals surface area contributed by atoms with Gasteiger partial charge in [-0.2, -0.15) is 0 Å². The Hall–Kier alpha value is -1.12. The number of rotatable bonds is 5. The van der Waals surface area contributed by atoms with Crippen LogP contribution >= 0.6 is 0 Å². The molecule has 1 aromatic rings. The van der Waals surface area contributed by atoms with E-state index in [9.17, 15) is 5.11 Å². The number of hydrogen-bond donors (Lipinski definition) is 2. The van der Waals surface area contributed by atoms with Crippen LogP contribution in [0.3, 0.4) is 0 Å². The molecule has 2 heteroatoms. The van der Waals surface area contributed by atoms with E-state index in [2.05, 4.69) is 29.6 Å². The quantitative estimate of drug-likeness (QED) is 0.763. The number of nitrogens with one attached hydrogen (secondary N) is 1. The predicted octanol–water partition coefficient (Wildman–Crippen LogP) is 2.59. The van der Waals surface area contributed by atoms with E-state index in [1.807, 2.05) is 18.2 Å². The highest BCUT2D eigenvalue weighted by Gasteiger charge is 2.29. The SMILES string of the molecule is OC1(CNCC=Cc2ccccc2)CCCC1. The van der Waals surface area contributed by atoms with Crippen molar-refractivity contribution in [3.05, 3.63) is 42.0 Å². The normalized spacial score (nSPS) is 18.9. The van der Waals surface area contributed by atoms with Gasteiger partial charge in [-0.05, 0) is 18.4 Å². The Morgan fingerprint density at radius 2 is 1.88 bits per heavy atom. The van der Waals surface area contributed by atoms with Gasteiger partial charge >= 0.3 is 0 Å². The Balaban J connectivity index is 1.68. The molecule has 0 aromatic heterocycles. The van der Waals surface area contributed by atoms with Crippen molar-refractivity contribution >= 4 is 6.08 Å². The molecule has 2 N–H and O–H groups in total. The summed E-state index contributed by atoms with van der Waals surface area (Å²) >= 11 is 0. The number of aliphatic hydroxyl groups is 1. The Morgan fingerprint density at radius 1 is 1.18 bits per heavy atom. The van der Waals surface area contributed by atoms with E-state index in [1.165, 1.54) is 5.56 Å². The highest BCUT2D eigenvalue weighted by molar-refractivity contribution is 5.48. The van der Waals surface area contributed by atoms with E-state index in [1.54, 1.807) is 0 Å². The zero-order chi connectivity index (χ0) is 12.0. The molecule has 17 heavy (non-hydrogen) atoms.